The van der Waals surface area contributed by atoms with Crippen LogP contribution in [-0.4, -0.2) is 29.4 Å². The fourth-order valence-corrected chi connectivity index (χ4v) is 3.15. The molecule has 2 atom stereocenters. The number of fused-ring (bicyclic) bond motifs is 1. The number of nitrogens with zero attached hydrogens (tertiary/aromatic N) is 1. The quantitative estimate of drug-likeness (QED) is 0.861. The van der Waals surface area contributed by atoms with Gasteiger partial charge >= 0.3 is 0 Å². The predicted octanol–water partition coefficient (Wildman–Crippen LogP) is 1.85. The molecule has 1 aromatic rings. The molecule has 2 aliphatic rings. The van der Waals surface area contributed by atoms with Crippen molar-refractivity contribution in [2.75, 3.05) is 6.54 Å². The molecule has 0 bridgehead atoms. The van der Waals surface area contributed by atoms with Gasteiger partial charge in [-0.25, -0.2) is 0 Å². The molecule has 0 saturated carbocycles. The minimum atomic E-state index is 0.230. The zero-order valence-electron chi connectivity index (χ0n) is 10.9. The van der Waals surface area contributed by atoms with E-state index in [-0.39, 0.29) is 5.91 Å². The second-order valence-electron chi connectivity index (χ2n) is 5.52. The van der Waals surface area contributed by atoms with Crippen molar-refractivity contribution >= 4 is 5.91 Å². The number of carbonyl (C=O) groups excluding carboxylic acids is 1. The summed E-state index contributed by atoms with van der Waals surface area (Å²) in [6.45, 7) is 4.23. The first-order chi connectivity index (χ1) is 8.72. The van der Waals surface area contributed by atoms with Gasteiger partial charge in [-0.05, 0) is 25.3 Å². The van der Waals surface area contributed by atoms with Crippen molar-refractivity contribution < 1.29 is 4.79 Å². The second-order valence-corrected chi connectivity index (χ2v) is 5.52. The first-order valence-corrected chi connectivity index (χ1v) is 6.81. The Hall–Kier alpha value is -1.35. The highest BCUT2D eigenvalue weighted by molar-refractivity contribution is 5.77. The lowest BCUT2D eigenvalue weighted by atomic mass is 9.98. The standard InChI is InChI=1S/C15H20N2O/c1-11-2-4-12(5-3-11)10-17-9-8-13-14(17)6-7-15(18)16-13/h2-5,13-14H,6-10H2,1H3,(H,16,18)/t13-,14-/m0/s1. The topological polar surface area (TPSA) is 32.3 Å². The molecule has 96 valence electrons. The van der Waals surface area contributed by atoms with Crippen molar-refractivity contribution in [3.63, 3.8) is 0 Å². The summed E-state index contributed by atoms with van der Waals surface area (Å²) in [5.74, 6) is 0.230. The van der Waals surface area contributed by atoms with Gasteiger partial charge < -0.3 is 5.32 Å². The third kappa shape index (κ3) is 2.27. The van der Waals surface area contributed by atoms with E-state index in [0.29, 0.717) is 18.5 Å². The lowest BCUT2D eigenvalue weighted by Gasteiger charge is -2.32. The number of nitrogens with one attached hydrogen (secondary N) is 1. The maximum absolute atomic E-state index is 11.4. The average Bonchev–Trinajstić information content (AvgIpc) is 2.74. The molecular weight excluding hydrogens is 224 g/mol. The van der Waals surface area contributed by atoms with Crippen LogP contribution in [0.1, 0.15) is 30.4 Å². The summed E-state index contributed by atoms with van der Waals surface area (Å²) < 4.78 is 0. The molecule has 2 heterocycles. The van der Waals surface area contributed by atoms with E-state index in [0.717, 1.165) is 25.9 Å². The van der Waals surface area contributed by atoms with E-state index in [9.17, 15) is 4.79 Å². The Kier molecular flexibility index (Phi) is 3.08. The summed E-state index contributed by atoms with van der Waals surface area (Å²) in [6, 6.07) is 9.70. The fraction of sp³-hybridized carbons (Fsp3) is 0.533. The lowest BCUT2D eigenvalue weighted by molar-refractivity contribution is -0.124. The van der Waals surface area contributed by atoms with Gasteiger partial charge in [0.1, 0.15) is 0 Å². The van der Waals surface area contributed by atoms with Crippen molar-refractivity contribution in [2.45, 2.75) is 44.8 Å². The van der Waals surface area contributed by atoms with Crippen LogP contribution in [0.3, 0.4) is 0 Å². The van der Waals surface area contributed by atoms with E-state index in [4.69, 9.17) is 0 Å². The number of hydrogen-bond acceptors (Lipinski definition) is 2. The number of hydrogen-bond donors (Lipinski definition) is 1. The Morgan fingerprint density at radius 1 is 1.28 bits per heavy atom. The number of piperidine rings is 1. The van der Waals surface area contributed by atoms with Gasteiger partial charge in [0.2, 0.25) is 5.91 Å². The normalized spacial score (nSPS) is 27.9. The smallest absolute Gasteiger partial charge is 0.220 e. The summed E-state index contributed by atoms with van der Waals surface area (Å²) in [6.07, 6.45) is 2.80. The van der Waals surface area contributed by atoms with E-state index in [1.54, 1.807) is 0 Å². The van der Waals surface area contributed by atoms with E-state index in [2.05, 4.69) is 41.4 Å². The van der Waals surface area contributed by atoms with Crippen LogP contribution in [-0.2, 0) is 11.3 Å². The molecule has 0 aliphatic carbocycles. The number of carbonyl (C=O) groups is 1. The van der Waals surface area contributed by atoms with Crippen molar-refractivity contribution in [3.05, 3.63) is 35.4 Å². The van der Waals surface area contributed by atoms with Gasteiger partial charge in [-0.15, -0.1) is 0 Å². The highest BCUT2D eigenvalue weighted by atomic mass is 16.1. The van der Waals surface area contributed by atoms with Crippen LogP contribution in [0.25, 0.3) is 0 Å². The van der Waals surface area contributed by atoms with E-state index >= 15 is 0 Å². The molecule has 3 rings (SSSR count). The third-order valence-electron chi connectivity index (χ3n) is 4.18. The molecule has 1 amide bonds. The number of rotatable bonds is 2. The van der Waals surface area contributed by atoms with Gasteiger partial charge in [0.15, 0.2) is 0 Å². The molecule has 2 aliphatic heterocycles. The monoisotopic (exact) mass is 244 g/mol. The van der Waals surface area contributed by atoms with Crippen LogP contribution in [0.4, 0.5) is 0 Å². The van der Waals surface area contributed by atoms with Gasteiger partial charge in [0.25, 0.3) is 0 Å². The van der Waals surface area contributed by atoms with Crippen molar-refractivity contribution in [1.29, 1.82) is 0 Å². The number of benzene rings is 1. The van der Waals surface area contributed by atoms with Crippen molar-refractivity contribution in [1.82, 2.24) is 10.2 Å². The maximum Gasteiger partial charge on any atom is 0.220 e. The highest BCUT2D eigenvalue weighted by Crippen LogP contribution is 2.27. The Balaban J connectivity index is 1.67. The van der Waals surface area contributed by atoms with Gasteiger partial charge in [0.05, 0.1) is 0 Å². The lowest BCUT2D eigenvalue weighted by Crippen LogP contribution is -2.49. The second kappa shape index (κ2) is 4.73. The first kappa shape index (κ1) is 11.7. The summed E-state index contributed by atoms with van der Waals surface area (Å²) in [5.41, 5.74) is 2.68. The van der Waals surface area contributed by atoms with Gasteiger partial charge in [-0.2, -0.15) is 0 Å². The molecule has 2 saturated heterocycles. The summed E-state index contributed by atoms with van der Waals surface area (Å²) in [5, 5.41) is 3.12. The van der Waals surface area contributed by atoms with E-state index in [1.807, 2.05) is 0 Å². The molecular formula is C15H20N2O. The largest absolute Gasteiger partial charge is 0.352 e. The number of likely N-dealkylation sites (tertiary alicyclic amines) is 1. The molecule has 0 radical (unpaired) electrons. The molecule has 18 heavy (non-hydrogen) atoms. The molecule has 1 aromatic carbocycles. The number of amides is 1. The fourth-order valence-electron chi connectivity index (χ4n) is 3.15. The van der Waals surface area contributed by atoms with Crippen LogP contribution in [0.5, 0.6) is 0 Å². The first-order valence-electron chi connectivity index (χ1n) is 6.81. The molecule has 0 aromatic heterocycles. The Labute approximate surface area is 108 Å². The molecule has 3 heteroatoms. The molecule has 2 fully saturated rings. The zero-order valence-corrected chi connectivity index (χ0v) is 10.9. The van der Waals surface area contributed by atoms with Crippen LogP contribution < -0.4 is 5.32 Å². The van der Waals surface area contributed by atoms with Gasteiger partial charge in [-0.3, -0.25) is 9.69 Å². The Morgan fingerprint density at radius 3 is 2.83 bits per heavy atom. The van der Waals surface area contributed by atoms with Gasteiger partial charge in [0, 0.05) is 31.6 Å². The van der Waals surface area contributed by atoms with Crippen molar-refractivity contribution in [3.8, 4) is 0 Å². The average molecular weight is 244 g/mol. The number of aryl methyl sites for hydroxylation is 1. The summed E-state index contributed by atoms with van der Waals surface area (Å²) in [4.78, 5) is 13.9. The molecule has 1 N–H and O–H groups in total. The van der Waals surface area contributed by atoms with Gasteiger partial charge in [-0.1, -0.05) is 29.8 Å². The minimum absolute atomic E-state index is 0.230. The van der Waals surface area contributed by atoms with Crippen LogP contribution in [0.2, 0.25) is 0 Å². The highest BCUT2D eigenvalue weighted by Gasteiger charge is 2.37. The predicted molar refractivity (Wildman–Crippen MR) is 71.2 cm³/mol. The summed E-state index contributed by atoms with van der Waals surface area (Å²) in [7, 11) is 0. The molecule has 3 nitrogen and oxygen atoms in total. The van der Waals surface area contributed by atoms with Crippen LogP contribution in [0.15, 0.2) is 24.3 Å². The zero-order chi connectivity index (χ0) is 12.5. The summed E-state index contributed by atoms with van der Waals surface area (Å²) >= 11 is 0. The van der Waals surface area contributed by atoms with Crippen molar-refractivity contribution in [2.24, 2.45) is 0 Å². The van der Waals surface area contributed by atoms with Crippen LogP contribution >= 0.6 is 0 Å². The molecule has 0 unspecified atom stereocenters. The maximum atomic E-state index is 11.4. The minimum Gasteiger partial charge on any atom is -0.352 e. The van der Waals surface area contributed by atoms with Crippen LogP contribution in [0, 0.1) is 6.92 Å². The Morgan fingerprint density at radius 2 is 2.06 bits per heavy atom. The molecule has 0 spiro atoms. The Bertz CT molecular complexity index is 440. The SMILES string of the molecule is Cc1ccc(CN2CC[C@@H]3NC(=O)CC[C@@H]32)cc1. The van der Waals surface area contributed by atoms with E-state index < -0.39 is 0 Å². The third-order valence-corrected chi connectivity index (χ3v) is 4.18. The van der Waals surface area contributed by atoms with E-state index in [1.165, 1.54) is 11.1 Å².